The maximum absolute atomic E-state index is 12.0. The number of halogens is 2. The Hall–Kier alpha value is -1.69. The van der Waals surface area contributed by atoms with E-state index in [2.05, 4.69) is 10.6 Å². The molecule has 0 radical (unpaired) electrons. The molecule has 138 valence electrons. The van der Waals surface area contributed by atoms with Gasteiger partial charge in [0.25, 0.3) is 0 Å². The first kappa shape index (κ1) is 20.6. The molecule has 7 heteroatoms. The van der Waals surface area contributed by atoms with Crippen LogP contribution in [-0.2, 0) is 9.59 Å². The first-order valence-electron chi connectivity index (χ1n) is 8.03. The van der Waals surface area contributed by atoms with E-state index in [0.29, 0.717) is 10.0 Å². The molecule has 0 aliphatic carbocycles. The van der Waals surface area contributed by atoms with Crippen LogP contribution in [0.4, 0.5) is 5.69 Å². The Morgan fingerprint density at radius 2 is 1.77 bits per heavy atom. The van der Waals surface area contributed by atoms with Crippen molar-refractivity contribution in [1.82, 2.24) is 5.32 Å². The molecule has 0 saturated carbocycles. The standard InChI is InChI=1S/C19H20Cl2N2O2S/c1-12-4-3-5-15(8-12)23-19(25)11-26-10-18(24)22-13(2)14-6-7-16(20)17(21)9-14/h3-9,13H,10-11H2,1-2H3,(H,22,24)(H,23,25). The molecule has 2 N–H and O–H groups in total. The van der Waals surface area contributed by atoms with Crippen LogP contribution >= 0.6 is 35.0 Å². The first-order valence-corrected chi connectivity index (χ1v) is 9.95. The van der Waals surface area contributed by atoms with Crippen molar-refractivity contribution >= 4 is 52.5 Å². The number of thioether (sulfide) groups is 1. The lowest BCUT2D eigenvalue weighted by atomic mass is 10.1. The molecule has 2 aromatic carbocycles. The monoisotopic (exact) mass is 410 g/mol. The highest BCUT2D eigenvalue weighted by molar-refractivity contribution is 8.00. The first-order chi connectivity index (χ1) is 12.3. The number of hydrogen-bond acceptors (Lipinski definition) is 3. The van der Waals surface area contributed by atoms with E-state index in [1.807, 2.05) is 44.2 Å². The average Bonchev–Trinajstić information content (AvgIpc) is 2.57. The fraction of sp³-hybridized carbons (Fsp3) is 0.263. The Balaban J connectivity index is 1.74. The Labute approximate surface area is 167 Å². The zero-order valence-electron chi connectivity index (χ0n) is 14.5. The van der Waals surface area contributed by atoms with Gasteiger partial charge < -0.3 is 10.6 Å². The number of anilines is 1. The van der Waals surface area contributed by atoms with Gasteiger partial charge in [0.2, 0.25) is 11.8 Å². The van der Waals surface area contributed by atoms with E-state index in [4.69, 9.17) is 23.2 Å². The molecule has 2 rings (SSSR count). The van der Waals surface area contributed by atoms with Gasteiger partial charge in [-0.25, -0.2) is 0 Å². The second-order valence-corrected chi connectivity index (χ2v) is 7.67. The highest BCUT2D eigenvalue weighted by Gasteiger charge is 2.12. The molecule has 0 heterocycles. The van der Waals surface area contributed by atoms with Gasteiger partial charge in [-0.2, -0.15) is 0 Å². The van der Waals surface area contributed by atoms with Gasteiger partial charge in [0.05, 0.1) is 27.6 Å². The van der Waals surface area contributed by atoms with Crippen molar-refractivity contribution in [3.63, 3.8) is 0 Å². The van der Waals surface area contributed by atoms with Crippen LogP contribution in [0.3, 0.4) is 0 Å². The van der Waals surface area contributed by atoms with E-state index in [-0.39, 0.29) is 29.4 Å². The van der Waals surface area contributed by atoms with E-state index in [0.717, 1.165) is 16.8 Å². The minimum absolute atomic E-state index is 0.133. The minimum atomic E-state index is -0.195. The van der Waals surface area contributed by atoms with Crippen molar-refractivity contribution in [3.05, 3.63) is 63.6 Å². The second-order valence-electron chi connectivity index (χ2n) is 5.87. The number of rotatable bonds is 7. The Bertz CT molecular complexity index is 799. The number of nitrogens with one attached hydrogen (secondary N) is 2. The summed E-state index contributed by atoms with van der Waals surface area (Å²) in [4.78, 5) is 24.0. The summed E-state index contributed by atoms with van der Waals surface area (Å²) in [5.74, 6) is 0.137. The molecule has 0 aliphatic heterocycles. The van der Waals surface area contributed by atoms with Gasteiger partial charge in [0.15, 0.2) is 0 Å². The van der Waals surface area contributed by atoms with Gasteiger partial charge in [-0.15, -0.1) is 11.8 Å². The van der Waals surface area contributed by atoms with Crippen LogP contribution < -0.4 is 10.6 Å². The predicted molar refractivity (Wildman–Crippen MR) is 110 cm³/mol. The van der Waals surface area contributed by atoms with Crippen molar-refractivity contribution < 1.29 is 9.59 Å². The molecular weight excluding hydrogens is 391 g/mol. The third-order valence-electron chi connectivity index (χ3n) is 3.59. The number of benzene rings is 2. The molecule has 0 fully saturated rings. The van der Waals surface area contributed by atoms with Crippen LogP contribution in [0.5, 0.6) is 0 Å². The SMILES string of the molecule is Cc1cccc(NC(=O)CSCC(=O)NC(C)c2ccc(Cl)c(Cl)c2)c1. The van der Waals surface area contributed by atoms with E-state index < -0.39 is 0 Å². The molecule has 0 aromatic heterocycles. The fourth-order valence-electron chi connectivity index (χ4n) is 2.30. The summed E-state index contributed by atoms with van der Waals surface area (Å²) in [6, 6.07) is 12.6. The van der Waals surface area contributed by atoms with Crippen LogP contribution in [0.15, 0.2) is 42.5 Å². The van der Waals surface area contributed by atoms with Crippen molar-refractivity contribution in [3.8, 4) is 0 Å². The summed E-state index contributed by atoms with van der Waals surface area (Å²) in [6.45, 7) is 3.83. The van der Waals surface area contributed by atoms with E-state index in [1.165, 1.54) is 11.8 Å². The molecule has 1 atom stereocenters. The number of carbonyl (C=O) groups excluding carboxylic acids is 2. The maximum Gasteiger partial charge on any atom is 0.234 e. The van der Waals surface area contributed by atoms with Crippen LogP contribution in [0, 0.1) is 6.92 Å². The number of hydrogen-bond donors (Lipinski definition) is 2. The van der Waals surface area contributed by atoms with E-state index in [1.54, 1.807) is 12.1 Å². The van der Waals surface area contributed by atoms with Crippen LogP contribution in [0.1, 0.15) is 24.1 Å². The lowest BCUT2D eigenvalue weighted by Crippen LogP contribution is -2.28. The molecule has 2 amide bonds. The van der Waals surface area contributed by atoms with Crippen molar-refractivity contribution in [1.29, 1.82) is 0 Å². The van der Waals surface area contributed by atoms with E-state index in [9.17, 15) is 9.59 Å². The average molecular weight is 411 g/mol. The van der Waals surface area contributed by atoms with Gasteiger partial charge in [-0.3, -0.25) is 9.59 Å². The summed E-state index contributed by atoms with van der Waals surface area (Å²) in [7, 11) is 0. The Kier molecular flexibility index (Phi) is 7.82. The van der Waals surface area contributed by atoms with Crippen molar-refractivity contribution in [2.75, 3.05) is 16.8 Å². The molecule has 1 unspecified atom stereocenters. The predicted octanol–water partition coefficient (Wildman–Crippen LogP) is 4.85. The summed E-state index contributed by atoms with van der Waals surface area (Å²) in [5, 5.41) is 6.62. The summed E-state index contributed by atoms with van der Waals surface area (Å²) in [6.07, 6.45) is 0. The highest BCUT2D eigenvalue weighted by atomic mass is 35.5. The lowest BCUT2D eigenvalue weighted by molar-refractivity contribution is -0.119. The van der Waals surface area contributed by atoms with Crippen molar-refractivity contribution in [2.45, 2.75) is 19.9 Å². The highest BCUT2D eigenvalue weighted by Crippen LogP contribution is 2.25. The van der Waals surface area contributed by atoms with Gasteiger partial charge in [-0.05, 0) is 49.2 Å². The zero-order valence-corrected chi connectivity index (χ0v) is 16.8. The number of carbonyl (C=O) groups is 2. The summed E-state index contributed by atoms with van der Waals surface area (Å²) < 4.78 is 0. The number of amides is 2. The maximum atomic E-state index is 12.0. The largest absolute Gasteiger partial charge is 0.349 e. The topological polar surface area (TPSA) is 58.2 Å². The molecular formula is C19H20Cl2N2O2S. The second kappa shape index (κ2) is 9.86. The van der Waals surface area contributed by atoms with Gasteiger partial charge in [0, 0.05) is 5.69 Å². The quantitative estimate of drug-likeness (QED) is 0.685. The third kappa shape index (κ3) is 6.56. The normalized spacial score (nSPS) is 11.7. The van der Waals surface area contributed by atoms with Gasteiger partial charge >= 0.3 is 0 Å². The van der Waals surface area contributed by atoms with Crippen LogP contribution in [0.25, 0.3) is 0 Å². The van der Waals surface area contributed by atoms with Crippen LogP contribution in [0.2, 0.25) is 10.0 Å². The Morgan fingerprint density at radius 1 is 1.04 bits per heavy atom. The van der Waals surface area contributed by atoms with E-state index >= 15 is 0 Å². The Morgan fingerprint density at radius 3 is 2.46 bits per heavy atom. The van der Waals surface area contributed by atoms with Gasteiger partial charge in [-0.1, -0.05) is 41.4 Å². The molecule has 2 aromatic rings. The fourth-order valence-corrected chi connectivity index (χ4v) is 3.24. The molecule has 26 heavy (non-hydrogen) atoms. The zero-order chi connectivity index (χ0) is 19.1. The van der Waals surface area contributed by atoms with Crippen molar-refractivity contribution in [2.24, 2.45) is 0 Å². The number of aryl methyl sites for hydroxylation is 1. The lowest BCUT2D eigenvalue weighted by Gasteiger charge is -2.15. The summed E-state index contributed by atoms with van der Waals surface area (Å²) in [5.41, 5.74) is 2.70. The molecule has 0 bridgehead atoms. The smallest absolute Gasteiger partial charge is 0.234 e. The molecule has 0 spiro atoms. The van der Waals surface area contributed by atoms with Crippen LogP contribution in [-0.4, -0.2) is 23.3 Å². The molecule has 4 nitrogen and oxygen atoms in total. The third-order valence-corrected chi connectivity index (χ3v) is 5.26. The molecule has 0 saturated heterocycles. The summed E-state index contributed by atoms with van der Waals surface area (Å²) >= 11 is 13.2. The molecule has 0 aliphatic rings. The minimum Gasteiger partial charge on any atom is -0.349 e. The van der Waals surface area contributed by atoms with Gasteiger partial charge in [0.1, 0.15) is 0 Å².